The van der Waals surface area contributed by atoms with Crippen LogP contribution in [0.4, 0.5) is 10.5 Å². The Balaban J connectivity index is 2.08. The third-order valence-corrected chi connectivity index (χ3v) is 3.45. The first-order valence-electron chi connectivity index (χ1n) is 5.77. The van der Waals surface area contributed by atoms with E-state index in [1.165, 1.54) is 9.80 Å². The quantitative estimate of drug-likeness (QED) is 0.778. The summed E-state index contributed by atoms with van der Waals surface area (Å²) in [6.45, 7) is 1.73. The number of aromatic amines is 1. The number of likely N-dealkylation sites (N-methyl/N-ethyl adjacent to an activating group) is 1. The molecule has 0 saturated carbocycles. The van der Waals surface area contributed by atoms with Gasteiger partial charge in [0.25, 0.3) is 5.91 Å². The fraction of sp³-hybridized carbons (Fsp3) is 0.231. The Morgan fingerprint density at radius 2 is 2.00 bits per heavy atom. The molecule has 5 nitrogen and oxygen atoms in total. The molecule has 0 spiro atoms. The van der Waals surface area contributed by atoms with Gasteiger partial charge in [-0.1, -0.05) is 6.07 Å². The van der Waals surface area contributed by atoms with Crippen LogP contribution >= 0.6 is 0 Å². The molecule has 2 aromatic rings. The van der Waals surface area contributed by atoms with E-state index >= 15 is 0 Å². The molecule has 1 atom stereocenters. The number of benzene rings is 1. The van der Waals surface area contributed by atoms with Gasteiger partial charge < -0.3 is 9.88 Å². The van der Waals surface area contributed by atoms with Gasteiger partial charge in [-0.05, 0) is 30.5 Å². The summed E-state index contributed by atoms with van der Waals surface area (Å²) in [5.41, 5.74) is 1.52. The number of imide groups is 1. The van der Waals surface area contributed by atoms with E-state index in [2.05, 4.69) is 4.98 Å². The second-order valence-electron chi connectivity index (χ2n) is 4.49. The van der Waals surface area contributed by atoms with Gasteiger partial charge in [-0.15, -0.1) is 0 Å². The molecule has 1 N–H and O–H groups in total. The number of rotatable bonds is 1. The molecule has 1 saturated heterocycles. The number of amides is 3. The first kappa shape index (κ1) is 10.8. The minimum absolute atomic E-state index is 0.187. The lowest BCUT2D eigenvalue weighted by molar-refractivity contribution is -0.119. The minimum atomic E-state index is -0.406. The van der Waals surface area contributed by atoms with Gasteiger partial charge in [-0.25, -0.2) is 9.69 Å². The number of carbonyl (C=O) groups is 2. The molecule has 92 valence electrons. The Labute approximate surface area is 104 Å². The Bertz CT molecular complexity index is 626. The van der Waals surface area contributed by atoms with Crippen molar-refractivity contribution < 1.29 is 9.59 Å². The zero-order valence-corrected chi connectivity index (χ0v) is 10.2. The largest absolute Gasteiger partial charge is 0.361 e. The van der Waals surface area contributed by atoms with E-state index in [0.717, 1.165) is 10.9 Å². The van der Waals surface area contributed by atoms with Crippen LogP contribution in [0.2, 0.25) is 0 Å². The Hall–Kier alpha value is -2.30. The van der Waals surface area contributed by atoms with Gasteiger partial charge in [0.1, 0.15) is 6.04 Å². The Kier molecular flexibility index (Phi) is 2.16. The number of H-pyrrole nitrogens is 1. The second kappa shape index (κ2) is 3.60. The normalized spacial score (nSPS) is 20.2. The molecule has 3 rings (SSSR count). The third-order valence-electron chi connectivity index (χ3n) is 3.45. The van der Waals surface area contributed by atoms with Crippen molar-refractivity contribution in [3.05, 3.63) is 30.5 Å². The molecule has 0 radical (unpaired) electrons. The fourth-order valence-corrected chi connectivity index (χ4v) is 2.18. The van der Waals surface area contributed by atoms with Gasteiger partial charge in [0, 0.05) is 18.8 Å². The monoisotopic (exact) mass is 243 g/mol. The van der Waals surface area contributed by atoms with Gasteiger partial charge in [-0.3, -0.25) is 4.79 Å². The van der Waals surface area contributed by atoms with Crippen LogP contribution in [0.15, 0.2) is 30.5 Å². The van der Waals surface area contributed by atoms with Crippen LogP contribution in [-0.2, 0) is 4.79 Å². The van der Waals surface area contributed by atoms with Crippen molar-refractivity contribution in [1.29, 1.82) is 0 Å². The lowest BCUT2D eigenvalue weighted by Gasteiger charge is -2.14. The highest BCUT2D eigenvalue weighted by Crippen LogP contribution is 2.26. The molecule has 1 unspecified atom stereocenters. The molecule has 0 bridgehead atoms. The molecule has 1 aromatic heterocycles. The van der Waals surface area contributed by atoms with E-state index < -0.39 is 6.04 Å². The first-order chi connectivity index (χ1) is 8.59. The molecular weight excluding hydrogens is 230 g/mol. The summed E-state index contributed by atoms with van der Waals surface area (Å²) in [5.74, 6) is -0.187. The number of anilines is 1. The van der Waals surface area contributed by atoms with Crippen molar-refractivity contribution in [3.8, 4) is 0 Å². The zero-order chi connectivity index (χ0) is 12.9. The number of aromatic nitrogens is 1. The van der Waals surface area contributed by atoms with Gasteiger partial charge in [-0.2, -0.15) is 0 Å². The molecule has 1 aliphatic heterocycles. The van der Waals surface area contributed by atoms with Crippen LogP contribution in [0.1, 0.15) is 6.92 Å². The van der Waals surface area contributed by atoms with Gasteiger partial charge in [0.15, 0.2) is 0 Å². The highest BCUT2D eigenvalue weighted by Gasteiger charge is 2.41. The standard InChI is InChI=1S/C13H13N3O2/c1-8-12(17)16(13(18)15(8)2)10-4-3-9-5-6-14-11(9)7-10/h3-8,14H,1-2H3. The summed E-state index contributed by atoms with van der Waals surface area (Å²) in [7, 11) is 1.64. The van der Waals surface area contributed by atoms with Crippen LogP contribution in [-0.4, -0.2) is 34.9 Å². The molecule has 5 heteroatoms. The van der Waals surface area contributed by atoms with Crippen molar-refractivity contribution in [2.24, 2.45) is 0 Å². The summed E-state index contributed by atoms with van der Waals surface area (Å²) in [6, 6.07) is 6.76. The molecule has 0 aliphatic carbocycles. The summed E-state index contributed by atoms with van der Waals surface area (Å²) in [6.07, 6.45) is 1.83. The first-order valence-corrected chi connectivity index (χ1v) is 5.77. The summed E-state index contributed by atoms with van der Waals surface area (Å²) in [4.78, 5) is 29.8. The number of hydrogen-bond acceptors (Lipinski definition) is 2. The smallest absolute Gasteiger partial charge is 0.331 e. The molecule has 1 aromatic carbocycles. The number of carbonyl (C=O) groups excluding carboxylic acids is 2. The minimum Gasteiger partial charge on any atom is -0.361 e. The number of fused-ring (bicyclic) bond motifs is 1. The van der Waals surface area contributed by atoms with Crippen molar-refractivity contribution in [3.63, 3.8) is 0 Å². The van der Waals surface area contributed by atoms with Crippen LogP contribution in [0.25, 0.3) is 10.9 Å². The summed E-state index contributed by atoms with van der Waals surface area (Å²) < 4.78 is 0. The molecule has 1 aliphatic rings. The lowest BCUT2D eigenvalue weighted by atomic mass is 10.2. The molecular formula is C13H13N3O2. The number of nitrogens with one attached hydrogen (secondary N) is 1. The van der Waals surface area contributed by atoms with Crippen LogP contribution in [0.5, 0.6) is 0 Å². The molecule has 3 amide bonds. The van der Waals surface area contributed by atoms with Crippen LogP contribution in [0, 0.1) is 0 Å². The van der Waals surface area contributed by atoms with Gasteiger partial charge in [0.2, 0.25) is 0 Å². The van der Waals surface area contributed by atoms with Gasteiger partial charge >= 0.3 is 6.03 Å². The topological polar surface area (TPSA) is 56.4 Å². The number of nitrogens with zero attached hydrogens (tertiary/aromatic N) is 2. The zero-order valence-electron chi connectivity index (χ0n) is 10.2. The maximum atomic E-state index is 12.1. The SMILES string of the molecule is CC1C(=O)N(c2ccc3cc[nH]c3c2)C(=O)N1C. The Morgan fingerprint density at radius 3 is 2.67 bits per heavy atom. The molecule has 18 heavy (non-hydrogen) atoms. The van der Waals surface area contributed by atoms with E-state index in [1.807, 2.05) is 24.4 Å². The van der Waals surface area contributed by atoms with Gasteiger partial charge in [0.05, 0.1) is 5.69 Å². The average Bonchev–Trinajstić information content (AvgIpc) is 2.90. The van der Waals surface area contributed by atoms with Crippen molar-refractivity contribution in [2.45, 2.75) is 13.0 Å². The maximum Gasteiger partial charge on any atom is 0.331 e. The van der Waals surface area contributed by atoms with E-state index in [1.54, 1.807) is 20.0 Å². The van der Waals surface area contributed by atoms with Crippen LogP contribution in [0.3, 0.4) is 0 Å². The third kappa shape index (κ3) is 1.33. The molecule has 1 fully saturated rings. The summed E-state index contributed by atoms with van der Waals surface area (Å²) >= 11 is 0. The van der Waals surface area contributed by atoms with Crippen molar-refractivity contribution >= 4 is 28.5 Å². The van der Waals surface area contributed by atoms with E-state index in [4.69, 9.17) is 0 Å². The summed E-state index contributed by atoms with van der Waals surface area (Å²) in [5, 5.41) is 1.05. The Morgan fingerprint density at radius 1 is 1.22 bits per heavy atom. The van der Waals surface area contributed by atoms with Crippen LogP contribution < -0.4 is 4.90 Å². The highest BCUT2D eigenvalue weighted by atomic mass is 16.2. The number of hydrogen-bond donors (Lipinski definition) is 1. The second-order valence-corrected chi connectivity index (χ2v) is 4.49. The van der Waals surface area contributed by atoms with E-state index in [0.29, 0.717) is 5.69 Å². The van der Waals surface area contributed by atoms with Crippen molar-refractivity contribution in [2.75, 3.05) is 11.9 Å². The van der Waals surface area contributed by atoms with E-state index in [9.17, 15) is 9.59 Å². The molecule has 2 heterocycles. The lowest BCUT2D eigenvalue weighted by Crippen LogP contribution is -2.31. The predicted molar refractivity (Wildman–Crippen MR) is 68.4 cm³/mol. The van der Waals surface area contributed by atoms with Crippen molar-refractivity contribution in [1.82, 2.24) is 9.88 Å². The predicted octanol–water partition coefficient (Wildman–Crippen LogP) is 1.95. The highest BCUT2D eigenvalue weighted by molar-refractivity contribution is 6.21. The number of urea groups is 1. The van der Waals surface area contributed by atoms with E-state index in [-0.39, 0.29) is 11.9 Å². The fourth-order valence-electron chi connectivity index (χ4n) is 2.18. The average molecular weight is 243 g/mol. The maximum absolute atomic E-state index is 12.1.